The molecule has 16 heavy (non-hydrogen) atoms. The molecule has 0 radical (unpaired) electrons. The number of nitrogens with zero attached hydrogens (tertiary/aromatic N) is 1. The van der Waals surface area contributed by atoms with Crippen LogP contribution >= 0.6 is 0 Å². The lowest BCUT2D eigenvalue weighted by atomic mass is 10.1. The van der Waals surface area contributed by atoms with Crippen LogP contribution in [0, 0.1) is 20.8 Å². The zero-order valence-electron chi connectivity index (χ0n) is 10.7. The van der Waals surface area contributed by atoms with Gasteiger partial charge in [0.2, 0.25) is 0 Å². The number of carbonyl (C=O) groups excluding carboxylic acids is 1. The lowest BCUT2D eigenvalue weighted by Crippen LogP contribution is -1.99. The number of benzene rings is 1. The normalized spacial score (nSPS) is 11.7. The van der Waals surface area contributed by atoms with Gasteiger partial charge in [-0.15, -0.1) is 0 Å². The van der Waals surface area contributed by atoms with E-state index in [9.17, 15) is 4.79 Å². The molecule has 0 saturated carbocycles. The number of aryl methyl sites for hydroxylation is 3. The van der Waals surface area contributed by atoms with Crippen LogP contribution in [0.15, 0.2) is 17.1 Å². The van der Waals surface area contributed by atoms with Crippen molar-refractivity contribution in [2.45, 2.75) is 41.0 Å². The van der Waals surface area contributed by atoms with Crippen LogP contribution < -0.4 is 0 Å². The van der Waals surface area contributed by atoms with E-state index in [4.69, 9.17) is 0 Å². The van der Waals surface area contributed by atoms with Crippen molar-refractivity contribution in [2.75, 3.05) is 0 Å². The summed E-state index contributed by atoms with van der Waals surface area (Å²) >= 11 is 0. The molecule has 1 rings (SSSR count). The number of aliphatic imine (C=N–C) groups is 1. The summed E-state index contributed by atoms with van der Waals surface area (Å²) in [4.78, 5) is 15.5. The Morgan fingerprint density at radius 1 is 1.12 bits per heavy atom. The average molecular weight is 217 g/mol. The van der Waals surface area contributed by atoms with Crippen molar-refractivity contribution < 1.29 is 4.79 Å². The van der Waals surface area contributed by atoms with Crippen molar-refractivity contribution in [3.05, 3.63) is 28.8 Å². The second-order valence-electron chi connectivity index (χ2n) is 4.47. The minimum Gasteiger partial charge on any atom is -0.300 e. The highest BCUT2D eigenvalue weighted by Gasteiger charge is 2.04. The predicted molar refractivity (Wildman–Crippen MR) is 68.7 cm³/mol. The van der Waals surface area contributed by atoms with E-state index in [0.29, 0.717) is 6.42 Å². The highest BCUT2D eigenvalue weighted by molar-refractivity contribution is 6.00. The SMILES string of the molecule is CC(=O)CC(C)=Nc1c(C)cc(C)cc1C. The first kappa shape index (κ1) is 12.6. The molecule has 0 unspecified atom stereocenters. The van der Waals surface area contributed by atoms with Crippen molar-refractivity contribution >= 4 is 17.2 Å². The first-order chi connectivity index (χ1) is 7.40. The van der Waals surface area contributed by atoms with E-state index >= 15 is 0 Å². The smallest absolute Gasteiger partial charge is 0.135 e. The third-order valence-corrected chi connectivity index (χ3v) is 2.44. The fourth-order valence-electron chi connectivity index (χ4n) is 1.94. The van der Waals surface area contributed by atoms with Crippen molar-refractivity contribution in [2.24, 2.45) is 4.99 Å². The number of ketones is 1. The van der Waals surface area contributed by atoms with E-state index in [2.05, 4.69) is 37.9 Å². The fraction of sp³-hybridized carbons (Fsp3) is 0.429. The van der Waals surface area contributed by atoms with Crippen molar-refractivity contribution in [3.8, 4) is 0 Å². The van der Waals surface area contributed by atoms with Crippen LogP contribution in [0.25, 0.3) is 0 Å². The maximum Gasteiger partial charge on any atom is 0.135 e. The molecule has 0 aliphatic rings. The second-order valence-corrected chi connectivity index (χ2v) is 4.47. The summed E-state index contributed by atoms with van der Waals surface area (Å²) in [5.74, 6) is 0.156. The van der Waals surface area contributed by atoms with Crippen LogP contribution in [-0.2, 0) is 4.79 Å². The Balaban J connectivity index is 3.10. The van der Waals surface area contributed by atoms with Gasteiger partial charge in [-0.25, -0.2) is 0 Å². The van der Waals surface area contributed by atoms with Crippen LogP contribution in [0.3, 0.4) is 0 Å². The molecular weight excluding hydrogens is 198 g/mol. The molecule has 0 aliphatic heterocycles. The minimum absolute atomic E-state index is 0.156. The van der Waals surface area contributed by atoms with E-state index < -0.39 is 0 Å². The van der Waals surface area contributed by atoms with Crippen LogP contribution in [-0.4, -0.2) is 11.5 Å². The van der Waals surface area contributed by atoms with Crippen molar-refractivity contribution in [1.82, 2.24) is 0 Å². The van der Waals surface area contributed by atoms with E-state index in [1.807, 2.05) is 6.92 Å². The molecule has 2 nitrogen and oxygen atoms in total. The summed E-state index contributed by atoms with van der Waals surface area (Å²) in [6.07, 6.45) is 0.437. The topological polar surface area (TPSA) is 29.4 Å². The van der Waals surface area contributed by atoms with Gasteiger partial charge in [-0.3, -0.25) is 9.79 Å². The number of carbonyl (C=O) groups is 1. The van der Waals surface area contributed by atoms with Crippen molar-refractivity contribution in [3.63, 3.8) is 0 Å². The van der Waals surface area contributed by atoms with Gasteiger partial charge in [0.05, 0.1) is 5.69 Å². The molecule has 1 aromatic carbocycles. The summed E-state index contributed by atoms with van der Waals surface area (Å²) in [7, 11) is 0. The summed E-state index contributed by atoms with van der Waals surface area (Å²) in [6, 6.07) is 4.24. The molecule has 0 spiro atoms. The number of Topliss-reactive ketones (excluding diaryl/α,β-unsaturated/α-hetero) is 1. The number of hydrogen-bond acceptors (Lipinski definition) is 2. The molecule has 1 aromatic rings. The second kappa shape index (κ2) is 5.06. The Bertz CT molecular complexity index is 421. The molecule has 0 aliphatic carbocycles. The molecule has 0 amide bonds. The number of hydrogen-bond donors (Lipinski definition) is 0. The number of rotatable bonds is 3. The standard InChI is InChI=1S/C14H19NO/c1-9-6-10(2)14(11(3)7-9)15-12(4)8-13(5)16/h6-7H,8H2,1-5H3. The van der Waals surface area contributed by atoms with Crippen LogP contribution in [0.4, 0.5) is 5.69 Å². The Morgan fingerprint density at radius 3 is 2.06 bits per heavy atom. The highest BCUT2D eigenvalue weighted by Crippen LogP contribution is 2.25. The predicted octanol–water partition coefficient (Wildman–Crippen LogP) is 3.68. The largest absolute Gasteiger partial charge is 0.300 e. The van der Waals surface area contributed by atoms with Gasteiger partial charge >= 0.3 is 0 Å². The maximum atomic E-state index is 11.0. The Morgan fingerprint density at radius 2 is 1.62 bits per heavy atom. The molecule has 0 atom stereocenters. The van der Waals surface area contributed by atoms with Crippen molar-refractivity contribution in [1.29, 1.82) is 0 Å². The fourth-order valence-corrected chi connectivity index (χ4v) is 1.94. The molecule has 0 saturated heterocycles. The summed E-state index contributed by atoms with van der Waals surface area (Å²) in [5, 5.41) is 0. The Labute approximate surface area is 97.4 Å². The van der Waals surface area contributed by atoms with E-state index in [1.165, 1.54) is 16.7 Å². The molecular formula is C14H19NO. The van der Waals surface area contributed by atoms with Gasteiger partial charge in [-0.1, -0.05) is 17.7 Å². The lowest BCUT2D eigenvalue weighted by Gasteiger charge is -2.07. The van der Waals surface area contributed by atoms with E-state index in [0.717, 1.165) is 11.4 Å². The van der Waals surface area contributed by atoms with Gasteiger partial charge in [-0.05, 0) is 45.7 Å². The van der Waals surface area contributed by atoms with E-state index in [1.54, 1.807) is 6.92 Å². The van der Waals surface area contributed by atoms with E-state index in [-0.39, 0.29) is 5.78 Å². The quantitative estimate of drug-likeness (QED) is 0.710. The third kappa shape index (κ3) is 3.30. The van der Waals surface area contributed by atoms with Gasteiger partial charge in [0, 0.05) is 12.1 Å². The van der Waals surface area contributed by atoms with Crippen LogP contribution in [0.5, 0.6) is 0 Å². The summed E-state index contributed by atoms with van der Waals surface area (Å²) < 4.78 is 0. The molecule has 86 valence electrons. The molecule has 2 heteroatoms. The minimum atomic E-state index is 0.156. The maximum absolute atomic E-state index is 11.0. The average Bonchev–Trinajstić information content (AvgIpc) is 2.09. The molecule has 0 N–H and O–H groups in total. The van der Waals surface area contributed by atoms with Crippen LogP contribution in [0.2, 0.25) is 0 Å². The summed E-state index contributed by atoms with van der Waals surface area (Å²) in [5.41, 5.74) is 5.46. The molecule has 0 fully saturated rings. The Kier molecular flexibility index (Phi) is 3.99. The van der Waals surface area contributed by atoms with Gasteiger partial charge < -0.3 is 0 Å². The lowest BCUT2D eigenvalue weighted by molar-refractivity contribution is -0.115. The molecule has 0 bridgehead atoms. The third-order valence-electron chi connectivity index (χ3n) is 2.44. The molecule has 0 aromatic heterocycles. The van der Waals surface area contributed by atoms with Gasteiger partial charge in [-0.2, -0.15) is 0 Å². The Hall–Kier alpha value is -1.44. The summed E-state index contributed by atoms with van der Waals surface area (Å²) in [6.45, 7) is 9.68. The highest BCUT2D eigenvalue weighted by atomic mass is 16.1. The van der Waals surface area contributed by atoms with Gasteiger partial charge in [0.25, 0.3) is 0 Å². The van der Waals surface area contributed by atoms with Gasteiger partial charge in [0.15, 0.2) is 0 Å². The molecule has 0 heterocycles. The zero-order chi connectivity index (χ0) is 12.3. The van der Waals surface area contributed by atoms with Crippen LogP contribution in [0.1, 0.15) is 37.0 Å². The zero-order valence-corrected chi connectivity index (χ0v) is 10.7. The monoisotopic (exact) mass is 217 g/mol. The first-order valence-electron chi connectivity index (χ1n) is 5.51. The van der Waals surface area contributed by atoms with Gasteiger partial charge in [0.1, 0.15) is 5.78 Å². The first-order valence-corrected chi connectivity index (χ1v) is 5.51.